The first-order chi connectivity index (χ1) is 9.85. The number of carbonyl (C=O) groups is 2. The molecule has 4 N–H and O–H groups in total. The lowest BCUT2D eigenvalue weighted by molar-refractivity contribution is -0.125. The van der Waals surface area contributed by atoms with E-state index in [9.17, 15) is 9.59 Å². The number of rotatable bonds is 5. The van der Waals surface area contributed by atoms with Crippen molar-refractivity contribution in [1.29, 1.82) is 5.26 Å². The first kappa shape index (κ1) is 17.1. The Morgan fingerprint density at radius 1 is 1.43 bits per heavy atom. The third kappa shape index (κ3) is 5.17. The van der Waals surface area contributed by atoms with E-state index in [1.165, 1.54) is 0 Å². The van der Waals surface area contributed by atoms with Crippen LogP contribution in [0.15, 0.2) is 22.7 Å². The van der Waals surface area contributed by atoms with Gasteiger partial charge in [-0.25, -0.2) is 0 Å². The average Bonchev–Trinajstić information content (AvgIpc) is 2.45. The first-order valence-corrected chi connectivity index (χ1v) is 7.17. The minimum Gasteiger partial charge on any atom is -0.346 e. The highest BCUT2D eigenvalue weighted by atomic mass is 79.9. The van der Waals surface area contributed by atoms with Crippen molar-refractivity contribution >= 4 is 33.4 Å². The van der Waals surface area contributed by atoms with Gasteiger partial charge in [-0.1, -0.05) is 13.8 Å². The molecule has 21 heavy (non-hydrogen) atoms. The van der Waals surface area contributed by atoms with Crippen LogP contribution in [0.2, 0.25) is 0 Å². The first-order valence-electron chi connectivity index (χ1n) is 6.38. The Hall–Kier alpha value is -1.91. The van der Waals surface area contributed by atoms with Crippen molar-refractivity contribution in [2.24, 2.45) is 11.7 Å². The van der Waals surface area contributed by atoms with Crippen LogP contribution >= 0.6 is 15.9 Å². The summed E-state index contributed by atoms with van der Waals surface area (Å²) in [4.78, 5) is 23.4. The van der Waals surface area contributed by atoms with Crippen molar-refractivity contribution < 1.29 is 9.59 Å². The number of nitrogens with zero attached hydrogens (tertiary/aromatic N) is 1. The standard InChI is InChI=1S/C14H17BrN4O2/c1-8(2)13(17)14(21)18-7-12(20)19-11-4-3-9(6-16)5-10(11)15/h3-5,8,13H,7,17H2,1-2H3,(H,18,21)(H,19,20)/t13-/m0/s1. The predicted molar refractivity (Wildman–Crippen MR) is 83.3 cm³/mol. The molecular weight excluding hydrogens is 336 g/mol. The molecule has 0 aliphatic heterocycles. The van der Waals surface area contributed by atoms with Crippen LogP contribution in [0.3, 0.4) is 0 Å². The summed E-state index contributed by atoms with van der Waals surface area (Å²) in [5, 5.41) is 13.9. The van der Waals surface area contributed by atoms with E-state index in [2.05, 4.69) is 26.6 Å². The Bertz CT molecular complexity index is 581. The quantitative estimate of drug-likeness (QED) is 0.743. The summed E-state index contributed by atoms with van der Waals surface area (Å²) in [6.45, 7) is 3.50. The van der Waals surface area contributed by atoms with Gasteiger partial charge in [-0.15, -0.1) is 0 Å². The molecule has 2 amide bonds. The maximum absolute atomic E-state index is 11.8. The van der Waals surface area contributed by atoms with Gasteiger partial charge in [-0.05, 0) is 40.0 Å². The molecular formula is C14H17BrN4O2. The zero-order chi connectivity index (χ0) is 16.0. The Balaban J connectivity index is 2.55. The van der Waals surface area contributed by atoms with Gasteiger partial charge in [-0.3, -0.25) is 9.59 Å². The van der Waals surface area contributed by atoms with Gasteiger partial charge in [0.05, 0.1) is 29.9 Å². The van der Waals surface area contributed by atoms with E-state index in [0.717, 1.165) is 0 Å². The van der Waals surface area contributed by atoms with Gasteiger partial charge >= 0.3 is 0 Å². The largest absolute Gasteiger partial charge is 0.346 e. The van der Waals surface area contributed by atoms with E-state index in [1.807, 2.05) is 19.9 Å². The smallest absolute Gasteiger partial charge is 0.243 e. The second kappa shape index (κ2) is 7.76. The average molecular weight is 353 g/mol. The third-order valence-electron chi connectivity index (χ3n) is 2.82. The number of halogens is 1. The molecule has 0 spiro atoms. The van der Waals surface area contributed by atoms with Gasteiger partial charge in [0.1, 0.15) is 0 Å². The van der Waals surface area contributed by atoms with Gasteiger partial charge in [0.25, 0.3) is 0 Å². The summed E-state index contributed by atoms with van der Waals surface area (Å²) < 4.78 is 0.597. The van der Waals surface area contributed by atoms with Gasteiger partial charge in [-0.2, -0.15) is 5.26 Å². The molecule has 1 aromatic rings. The lowest BCUT2D eigenvalue weighted by atomic mass is 10.1. The number of nitrogens with one attached hydrogen (secondary N) is 2. The molecule has 0 aliphatic carbocycles. The summed E-state index contributed by atoms with van der Waals surface area (Å²) in [5.41, 5.74) is 6.68. The molecule has 0 saturated carbocycles. The van der Waals surface area contributed by atoms with Crippen molar-refractivity contribution in [3.8, 4) is 6.07 Å². The predicted octanol–water partition coefficient (Wildman–Crippen LogP) is 1.36. The molecule has 1 aromatic carbocycles. The molecule has 0 aromatic heterocycles. The third-order valence-corrected chi connectivity index (χ3v) is 3.47. The second-order valence-corrected chi connectivity index (χ2v) is 5.70. The van der Waals surface area contributed by atoms with Gasteiger partial charge in [0.15, 0.2) is 0 Å². The molecule has 7 heteroatoms. The highest BCUT2D eigenvalue weighted by molar-refractivity contribution is 9.10. The summed E-state index contributed by atoms with van der Waals surface area (Å²) >= 11 is 3.27. The molecule has 0 bridgehead atoms. The fourth-order valence-corrected chi connectivity index (χ4v) is 1.95. The van der Waals surface area contributed by atoms with Crippen LogP contribution in [-0.4, -0.2) is 24.4 Å². The Morgan fingerprint density at radius 2 is 2.10 bits per heavy atom. The lowest BCUT2D eigenvalue weighted by Crippen LogP contribution is -2.46. The maximum atomic E-state index is 11.8. The fourth-order valence-electron chi connectivity index (χ4n) is 1.47. The van der Waals surface area contributed by atoms with Crippen LogP contribution in [0.1, 0.15) is 19.4 Å². The van der Waals surface area contributed by atoms with Crippen molar-refractivity contribution in [3.05, 3.63) is 28.2 Å². The Morgan fingerprint density at radius 3 is 2.62 bits per heavy atom. The summed E-state index contributed by atoms with van der Waals surface area (Å²) in [6.07, 6.45) is 0. The zero-order valence-electron chi connectivity index (χ0n) is 11.8. The normalized spacial score (nSPS) is 11.6. The highest BCUT2D eigenvalue weighted by Crippen LogP contribution is 2.23. The van der Waals surface area contributed by atoms with Gasteiger partial charge in [0.2, 0.25) is 11.8 Å². The van der Waals surface area contributed by atoms with E-state index in [0.29, 0.717) is 15.7 Å². The molecule has 0 aliphatic rings. The number of benzene rings is 1. The molecule has 1 rings (SSSR count). The minimum atomic E-state index is -0.639. The number of nitrogens with two attached hydrogens (primary N) is 1. The van der Waals surface area contributed by atoms with E-state index >= 15 is 0 Å². The van der Waals surface area contributed by atoms with Crippen molar-refractivity contribution in [3.63, 3.8) is 0 Å². The summed E-state index contributed by atoms with van der Waals surface area (Å²) in [6, 6.07) is 6.16. The SMILES string of the molecule is CC(C)[C@H](N)C(=O)NCC(=O)Nc1ccc(C#N)cc1Br. The molecule has 1 atom stereocenters. The molecule has 0 heterocycles. The lowest BCUT2D eigenvalue weighted by Gasteiger charge is -2.15. The van der Waals surface area contributed by atoms with Crippen LogP contribution in [-0.2, 0) is 9.59 Å². The number of carbonyl (C=O) groups excluding carboxylic acids is 2. The maximum Gasteiger partial charge on any atom is 0.243 e. The van der Waals surface area contributed by atoms with Crippen LogP contribution in [0.25, 0.3) is 0 Å². The van der Waals surface area contributed by atoms with Crippen molar-refractivity contribution in [2.75, 3.05) is 11.9 Å². The van der Waals surface area contributed by atoms with Crippen molar-refractivity contribution in [2.45, 2.75) is 19.9 Å². The van der Waals surface area contributed by atoms with Gasteiger partial charge in [0, 0.05) is 4.47 Å². The van der Waals surface area contributed by atoms with Crippen LogP contribution in [0.4, 0.5) is 5.69 Å². The number of anilines is 1. The minimum absolute atomic E-state index is 0.000678. The molecule has 112 valence electrons. The molecule has 0 radical (unpaired) electrons. The molecule has 0 saturated heterocycles. The summed E-state index contributed by atoms with van der Waals surface area (Å²) in [7, 11) is 0. The monoisotopic (exact) mass is 352 g/mol. The van der Waals surface area contributed by atoms with E-state index in [1.54, 1.807) is 18.2 Å². The van der Waals surface area contributed by atoms with Crippen LogP contribution in [0, 0.1) is 17.2 Å². The molecule has 0 unspecified atom stereocenters. The number of amides is 2. The molecule has 0 fully saturated rings. The Kier molecular flexibility index (Phi) is 6.34. The Labute approximate surface area is 131 Å². The second-order valence-electron chi connectivity index (χ2n) is 4.84. The molecule has 6 nitrogen and oxygen atoms in total. The highest BCUT2D eigenvalue weighted by Gasteiger charge is 2.17. The van der Waals surface area contributed by atoms with Crippen molar-refractivity contribution in [1.82, 2.24) is 5.32 Å². The van der Waals surface area contributed by atoms with Crippen LogP contribution < -0.4 is 16.4 Å². The van der Waals surface area contributed by atoms with Gasteiger partial charge < -0.3 is 16.4 Å². The zero-order valence-corrected chi connectivity index (χ0v) is 13.4. The number of hydrogen-bond acceptors (Lipinski definition) is 4. The number of nitriles is 1. The fraction of sp³-hybridized carbons (Fsp3) is 0.357. The topological polar surface area (TPSA) is 108 Å². The van der Waals surface area contributed by atoms with Crippen LogP contribution in [0.5, 0.6) is 0 Å². The summed E-state index contributed by atoms with van der Waals surface area (Å²) in [5.74, 6) is -0.732. The number of hydrogen-bond donors (Lipinski definition) is 3. The van der Waals surface area contributed by atoms with E-state index in [-0.39, 0.29) is 24.3 Å². The van der Waals surface area contributed by atoms with E-state index < -0.39 is 6.04 Å². The van der Waals surface area contributed by atoms with E-state index in [4.69, 9.17) is 11.0 Å².